The summed E-state index contributed by atoms with van der Waals surface area (Å²) in [5, 5.41) is 0. The second-order valence-corrected chi connectivity index (χ2v) is 3.88. The average Bonchev–Trinajstić information content (AvgIpc) is 2.40. The maximum atomic E-state index is 13.5. The van der Waals surface area contributed by atoms with Crippen LogP contribution >= 0.6 is 0 Å². The zero-order valence-corrected chi connectivity index (χ0v) is 11.5. The smallest absolute Gasteiger partial charge is 0.343 e. The van der Waals surface area contributed by atoms with Gasteiger partial charge in [0.25, 0.3) is 0 Å². The zero-order valence-electron chi connectivity index (χ0n) is 11.5. The fourth-order valence-corrected chi connectivity index (χ4v) is 1.75. The predicted molar refractivity (Wildman–Crippen MR) is 70.9 cm³/mol. The van der Waals surface area contributed by atoms with Crippen molar-refractivity contribution >= 4 is 11.8 Å². The number of benzene rings is 1. The minimum atomic E-state index is -0.817. The molecule has 5 nitrogen and oxygen atoms in total. The topological polar surface area (TPSA) is 78.6 Å². The molecule has 0 heterocycles. The molecule has 20 heavy (non-hydrogen) atoms. The Kier molecular flexibility index (Phi) is 5.25. The predicted octanol–water partition coefficient (Wildman–Crippen LogP) is 1.73. The number of hydrogen-bond acceptors (Lipinski definition) is 5. The van der Waals surface area contributed by atoms with Crippen molar-refractivity contribution < 1.29 is 23.5 Å². The highest BCUT2D eigenvalue weighted by Crippen LogP contribution is 2.26. The summed E-state index contributed by atoms with van der Waals surface area (Å²) in [5.41, 5.74) is 5.43. The molecule has 0 atom stereocenters. The average molecular weight is 281 g/mol. The van der Waals surface area contributed by atoms with Crippen LogP contribution in [-0.4, -0.2) is 25.5 Å². The van der Waals surface area contributed by atoms with Crippen LogP contribution in [0.1, 0.15) is 22.8 Å². The number of ketones is 1. The van der Waals surface area contributed by atoms with Crippen molar-refractivity contribution in [3.63, 3.8) is 0 Å². The third kappa shape index (κ3) is 2.96. The number of hydrogen-bond donors (Lipinski definition) is 1. The second kappa shape index (κ2) is 6.70. The highest BCUT2D eigenvalue weighted by Gasteiger charge is 2.24. The number of nitrogens with two attached hydrogens (primary N) is 1. The Labute approximate surface area is 116 Å². The summed E-state index contributed by atoms with van der Waals surface area (Å²) < 4.78 is 23.1. The molecule has 6 heteroatoms. The Bertz CT molecular complexity index is 567. The molecule has 0 aliphatic carbocycles. The summed E-state index contributed by atoms with van der Waals surface area (Å²) in [6, 6.07) is 2.37. The first kappa shape index (κ1) is 15.7. The number of Topliss-reactive ketones (excluding diaryl/α,β-unsaturated/α-hetero) is 1. The van der Waals surface area contributed by atoms with E-state index in [2.05, 4.69) is 0 Å². The van der Waals surface area contributed by atoms with E-state index in [1.165, 1.54) is 20.1 Å². The first-order valence-corrected chi connectivity index (χ1v) is 5.94. The molecule has 0 spiro atoms. The lowest BCUT2D eigenvalue weighted by Crippen LogP contribution is -2.18. The van der Waals surface area contributed by atoms with Gasteiger partial charge in [0.1, 0.15) is 5.57 Å². The molecule has 1 rings (SSSR count). The fraction of sp³-hybridized carbons (Fsp3) is 0.286. The van der Waals surface area contributed by atoms with Crippen LogP contribution in [0.2, 0.25) is 0 Å². The summed E-state index contributed by atoms with van der Waals surface area (Å²) >= 11 is 0. The van der Waals surface area contributed by atoms with Crippen LogP contribution in [0.4, 0.5) is 4.39 Å². The van der Waals surface area contributed by atoms with E-state index in [-0.39, 0.29) is 23.5 Å². The van der Waals surface area contributed by atoms with Crippen molar-refractivity contribution in [3.8, 4) is 5.75 Å². The molecular weight excluding hydrogens is 265 g/mol. The van der Waals surface area contributed by atoms with Crippen molar-refractivity contribution in [3.05, 3.63) is 40.8 Å². The molecule has 1 aromatic rings. The molecule has 0 aliphatic rings. The Balaban J connectivity index is 3.24. The monoisotopic (exact) mass is 281 g/mol. The van der Waals surface area contributed by atoms with Crippen LogP contribution < -0.4 is 10.5 Å². The van der Waals surface area contributed by atoms with Gasteiger partial charge in [0.05, 0.1) is 13.7 Å². The Hall–Kier alpha value is -2.37. The molecule has 0 saturated heterocycles. The van der Waals surface area contributed by atoms with E-state index in [4.69, 9.17) is 15.2 Å². The van der Waals surface area contributed by atoms with E-state index >= 15 is 0 Å². The highest BCUT2D eigenvalue weighted by molar-refractivity contribution is 6.24. The maximum absolute atomic E-state index is 13.5. The Morgan fingerprint density at radius 2 is 2.05 bits per heavy atom. The van der Waals surface area contributed by atoms with Gasteiger partial charge >= 0.3 is 5.97 Å². The quantitative estimate of drug-likeness (QED) is 0.292. The third-order valence-electron chi connectivity index (χ3n) is 2.71. The van der Waals surface area contributed by atoms with E-state index in [1.54, 1.807) is 6.92 Å². The van der Waals surface area contributed by atoms with Crippen molar-refractivity contribution in [2.24, 2.45) is 5.73 Å². The number of rotatable bonds is 5. The van der Waals surface area contributed by atoms with Crippen molar-refractivity contribution in [2.75, 3.05) is 13.7 Å². The van der Waals surface area contributed by atoms with Crippen LogP contribution in [0.25, 0.3) is 0 Å². The number of halogens is 1. The first-order valence-electron chi connectivity index (χ1n) is 5.94. The highest BCUT2D eigenvalue weighted by atomic mass is 19.1. The van der Waals surface area contributed by atoms with Gasteiger partial charge in [0.15, 0.2) is 11.6 Å². The van der Waals surface area contributed by atoms with Gasteiger partial charge in [-0.05, 0) is 26.0 Å². The van der Waals surface area contributed by atoms with E-state index < -0.39 is 17.6 Å². The molecule has 1 aromatic carbocycles. The fourth-order valence-electron chi connectivity index (χ4n) is 1.75. The van der Waals surface area contributed by atoms with Gasteiger partial charge in [-0.1, -0.05) is 0 Å². The van der Waals surface area contributed by atoms with E-state index in [0.29, 0.717) is 5.56 Å². The molecule has 0 bridgehead atoms. The first-order chi connectivity index (χ1) is 9.47. The summed E-state index contributed by atoms with van der Waals surface area (Å²) in [7, 11) is 1.30. The van der Waals surface area contributed by atoms with Gasteiger partial charge in [-0.3, -0.25) is 4.79 Å². The molecule has 0 aromatic heterocycles. The summed E-state index contributed by atoms with van der Waals surface area (Å²) in [5.74, 6) is -2.09. The molecule has 0 amide bonds. The van der Waals surface area contributed by atoms with Crippen LogP contribution in [0, 0.1) is 12.7 Å². The number of ether oxygens (including phenoxy) is 2. The number of esters is 1. The van der Waals surface area contributed by atoms with Gasteiger partial charge in [0.2, 0.25) is 5.78 Å². The summed E-state index contributed by atoms with van der Waals surface area (Å²) in [6.45, 7) is 3.26. The largest absolute Gasteiger partial charge is 0.493 e. The summed E-state index contributed by atoms with van der Waals surface area (Å²) in [4.78, 5) is 23.9. The lowest BCUT2D eigenvalue weighted by molar-refractivity contribution is -0.138. The van der Waals surface area contributed by atoms with Gasteiger partial charge in [0, 0.05) is 17.3 Å². The molecule has 0 unspecified atom stereocenters. The van der Waals surface area contributed by atoms with Crippen molar-refractivity contribution in [2.45, 2.75) is 13.8 Å². The minimum Gasteiger partial charge on any atom is -0.493 e. The number of methoxy groups -OCH3 is 1. The van der Waals surface area contributed by atoms with Gasteiger partial charge in [-0.15, -0.1) is 0 Å². The SMILES string of the molecule is CCOC(=O)/C(=C\N)C(=O)c1ccc(F)c(OC)c1C. The lowest BCUT2D eigenvalue weighted by Gasteiger charge is -2.11. The standard InChI is InChI=1S/C14H16FNO4/c1-4-20-14(18)10(7-16)12(17)9-5-6-11(15)13(19-3)8(9)2/h5-7H,4,16H2,1-3H3/b10-7-. The molecule has 0 aliphatic heterocycles. The van der Waals surface area contributed by atoms with Crippen LogP contribution in [-0.2, 0) is 9.53 Å². The van der Waals surface area contributed by atoms with Crippen molar-refractivity contribution in [1.82, 2.24) is 0 Å². The molecule has 0 saturated carbocycles. The summed E-state index contributed by atoms with van der Waals surface area (Å²) in [6.07, 6.45) is 0.885. The van der Waals surface area contributed by atoms with Gasteiger partial charge in [-0.25, -0.2) is 9.18 Å². The third-order valence-corrected chi connectivity index (χ3v) is 2.71. The Morgan fingerprint density at radius 3 is 2.55 bits per heavy atom. The van der Waals surface area contributed by atoms with Gasteiger partial charge in [-0.2, -0.15) is 0 Å². The molecular formula is C14H16FNO4. The van der Waals surface area contributed by atoms with Crippen LogP contribution in [0.3, 0.4) is 0 Å². The molecule has 0 fully saturated rings. The lowest BCUT2D eigenvalue weighted by atomic mass is 9.98. The van der Waals surface area contributed by atoms with E-state index in [0.717, 1.165) is 12.3 Å². The van der Waals surface area contributed by atoms with Crippen LogP contribution in [0.5, 0.6) is 5.75 Å². The molecule has 2 N–H and O–H groups in total. The second-order valence-electron chi connectivity index (χ2n) is 3.88. The Morgan fingerprint density at radius 1 is 1.40 bits per heavy atom. The molecule has 0 radical (unpaired) electrons. The van der Waals surface area contributed by atoms with Gasteiger partial charge < -0.3 is 15.2 Å². The van der Waals surface area contributed by atoms with E-state index in [9.17, 15) is 14.0 Å². The molecule has 108 valence electrons. The number of carbonyl (C=O) groups excluding carboxylic acids is 2. The minimum absolute atomic E-state index is 0.0453. The van der Waals surface area contributed by atoms with Crippen LogP contribution in [0.15, 0.2) is 23.9 Å². The normalized spacial score (nSPS) is 11.1. The number of carbonyl (C=O) groups is 2. The van der Waals surface area contributed by atoms with Crippen molar-refractivity contribution in [1.29, 1.82) is 0 Å². The van der Waals surface area contributed by atoms with E-state index in [1.807, 2.05) is 0 Å². The zero-order chi connectivity index (χ0) is 15.3. The maximum Gasteiger partial charge on any atom is 0.343 e.